The number of nitrogens with one attached hydrogen (secondary N) is 1. The highest BCUT2D eigenvalue weighted by atomic mass is 16.5. The Morgan fingerprint density at radius 3 is 2.63 bits per heavy atom. The van der Waals surface area contributed by atoms with E-state index in [9.17, 15) is 4.79 Å². The molecule has 0 radical (unpaired) electrons. The number of hydrogen-bond donors (Lipinski definition) is 2. The summed E-state index contributed by atoms with van der Waals surface area (Å²) in [6.45, 7) is 8.07. The molecule has 0 aliphatic rings. The Kier molecular flexibility index (Phi) is 5.83. The standard InChI is InChI=1S/C15H23NO3/c1-10(2)13-6-5-11(3)14(9-13)19-12(4)15(18)16-7-8-17/h5-6,9-10,12,17H,7-8H2,1-4H3,(H,16,18). The van der Waals surface area contributed by atoms with Gasteiger partial charge in [-0.15, -0.1) is 0 Å². The van der Waals surface area contributed by atoms with Gasteiger partial charge in [-0.2, -0.15) is 0 Å². The molecule has 4 nitrogen and oxygen atoms in total. The molecule has 0 saturated heterocycles. The fourth-order valence-electron chi connectivity index (χ4n) is 1.67. The number of rotatable bonds is 6. The van der Waals surface area contributed by atoms with E-state index in [0.29, 0.717) is 5.92 Å². The van der Waals surface area contributed by atoms with Crippen molar-refractivity contribution in [3.63, 3.8) is 0 Å². The van der Waals surface area contributed by atoms with Crippen molar-refractivity contribution in [2.75, 3.05) is 13.2 Å². The van der Waals surface area contributed by atoms with Crippen LogP contribution >= 0.6 is 0 Å². The highest BCUT2D eigenvalue weighted by Gasteiger charge is 2.15. The number of aryl methyl sites for hydroxylation is 1. The first-order valence-electron chi connectivity index (χ1n) is 6.61. The van der Waals surface area contributed by atoms with Crippen molar-refractivity contribution in [2.45, 2.75) is 39.7 Å². The monoisotopic (exact) mass is 265 g/mol. The maximum Gasteiger partial charge on any atom is 0.260 e. The molecule has 1 aromatic rings. The van der Waals surface area contributed by atoms with Crippen LogP contribution < -0.4 is 10.1 Å². The molecule has 0 bridgehead atoms. The van der Waals surface area contributed by atoms with Crippen LogP contribution in [0.25, 0.3) is 0 Å². The van der Waals surface area contributed by atoms with Crippen molar-refractivity contribution in [3.8, 4) is 5.75 Å². The molecule has 1 atom stereocenters. The van der Waals surface area contributed by atoms with E-state index in [0.717, 1.165) is 11.3 Å². The Morgan fingerprint density at radius 2 is 2.05 bits per heavy atom. The minimum Gasteiger partial charge on any atom is -0.481 e. The van der Waals surface area contributed by atoms with Crippen LogP contribution in [0.2, 0.25) is 0 Å². The van der Waals surface area contributed by atoms with Gasteiger partial charge in [0.05, 0.1) is 6.61 Å². The van der Waals surface area contributed by atoms with Crippen LogP contribution in [0.3, 0.4) is 0 Å². The normalized spacial score (nSPS) is 12.3. The van der Waals surface area contributed by atoms with E-state index in [4.69, 9.17) is 9.84 Å². The quantitative estimate of drug-likeness (QED) is 0.827. The smallest absolute Gasteiger partial charge is 0.260 e. The first-order valence-corrected chi connectivity index (χ1v) is 6.61. The number of aliphatic hydroxyl groups excluding tert-OH is 1. The number of carbonyl (C=O) groups is 1. The molecule has 1 amide bonds. The fraction of sp³-hybridized carbons (Fsp3) is 0.533. The Balaban J connectivity index is 2.75. The maximum atomic E-state index is 11.7. The highest BCUT2D eigenvalue weighted by Crippen LogP contribution is 2.25. The minimum atomic E-state index is -0.576. The molecular weight excluding hydrogens is 242 g/mol. The molecule has 0 heterocycles. The lowest BCUT2D eigenvalue weighted by Gasteiger charge is -2.17. The summed E-state index contributed by atoms with van der Waals surface area (Å²) in [5.74, 6) is 0.933. The van der Waals surface area contributed by atoms with Gasteiger partial charge in [0.1, 0.15) is 5.75 Å². The third kappa shape index (κ3) is 4.56. The van der Waals surface area contributed by atoms with Gasteiger partial charge in [-0.05, 0) is 37.0 Å². The zero-order valence-electron chi connectivity index (χ0n) is 12.1. The van der Waals surface area contributed by atoms with Crippen molar-refractivity contribution < 1.29 is 14.6 Å². The van der Waals surface area contributed by atoms with Gasteiger partial charge in [0, 0.05) is 6.54 Å². The third-order valence-corrected chi connectivity index (χ3v) is 2.96. The van der Waals surface area contributed by atoms with Crippen molar-refractivity contribution in [3.05, 3.63) is 29.3 Å². The molecule has 0 aromatic heterocycles. The van der Waals surface area contributed by atoms with Crippen LogP contribution in [0.5, 0.6) is 5.75 Å². The molecule has 1 aromatic carbocycles. The predicted octanol–water partition coefficient (Wildman–Crippen LogP) is 1.99. The predicted molar refractivity (Wildman–Crippen MR) is 75.5 cm³/mol. The lowest BCUT2D eigenvalue weighted by Crippen LogP contribution is -2.37. The number of ether oxygens (including phenoxy) is 1. The second-order valence-electron chi connectivity index (χ2n) is 4.95. The van der Waals surface area contributed by atoms with E-state index in [-0.39, 0.29) is 19.1 Å². The summed E-state index contributed by atoms with van der Waals surface area (Å²) >= 11 is 0. The number of hydrogen-bond acceptors (Lipinski definition) is 3. The van der Waals surface area contributed by atoms with E-state index in [1.54, 1.807) is 6.92 Å². The fourth-order valence-corrected chi connectivity index (χ4v) is 1.67. The minimum absolute atomic E-state index is 0.0691. The Bertz CT molecular complexity index is 429. The summed E-state index contributed by atoms with van der Waals surface area (Å²) in [6, 6.07) is 6.06. The zero-order valence-corrected chi connectivity index (χ0v) is 12.1. The summed E-state index contributed by atoms with van der Waals surface area (Å²) in [6.07, 6.45) is -0.576. The molecule has 4 heteroatoms. The van der Waals surface area contributed by atoms with E-state index >= 15 is 0 Å². The van der Waals surface area contributed by atoms with Gasteiger partial charge in [0.2, 0.25) is 0 Å². The summed E-state index contributed by atoms with van der Waals surface area (Å²) in [7, 11) is 0. The van der Waals surface area contributed by atoms with Gasteiger partial charge in [0.15, 0.2) is 6.10 Å². The first-order chi connectivity index (χ1) is 8.95. The van der Waals surface area contributed by atoms with Crippen molar-refractivity contribution in [2.24, 2.45) is 0 Å². The van der Waals surface area contributed by atoms with E-state index in [2.05, 4.69) is 25.2 Å². The van der Waals surface area contributed by atoms with Crippen molar-refractivity contribution >= 4 is 5.91 Å². The van der Waals surface area contributed by atoms with E-state index in [1.807, 2.05) is 19.1 Å². The molecule has 0 spiro atoms. The maximum absolute atomic E-state index is 11.7. The van der Waals surface area contributed by atoms with Crippen LogP contribution in [0.1, 0.15) is 37.8 Å². The van der Waals surface area contributed by atoms with Crippen molar-refractivity contribution in [1.82, 2.24) is 5.32 Å². The topological polar surface area (TPSA) is 58.6 Å². The highest BCUT2D eigenvalue weighted by molar-refractivity contribution is 5.80. The van der Waals surface area contributed by atoms with E-state index in [1.165, 1.54) is 5.56 Å². The van der Waals surface area contributed by atoms with Crippen LogP contribution in [0, 0.1) is 6.92 Å². The molecular formula is C15H23NO3. The SMILES string of the molecule is Cc1ccc(C(C)C)cc1OC(C)C(=O)NCCO. The summed E-state index contributed by atoms with van der Waals surface area (Å²) in [4.78, 5) is 11.7. The third-order valence-electron chi connectivity index (χ3n) is 2.96. The molecule has 2 N–H and O–H groups in total. The summed E-state index contributed by atoms with van der Waals surface area (Å²) in [5, 5.41) is 11.3. The van der Waals surface area contributed by atoms with Gasteiger partial charge in [-0.1, -0.05) is 26.0 Å². The molecule has 106 valence electrons. The number of benzene rings is 1. The number of amides is 1. The van der Waals surface area contributed by atoms with Gasteiger partial charge in [-0.25, -0.2) is 0 Å². The van der Waals surface area contributed by atoms with Crippen molar-refractivity contribution in [1.29, 1.82) is 0 Å². The Labute approximate surface area is 114 Å². The average Bonchev–Trinajstić information content (AvgIpc) is 2.38. The Morgan fingerprint density at radius 1 is 1.37 bits per heavy atom. The second kappa shape index (κ2) is 7.14. The van der Waals surface area contributed by atoms with Gasteiger partial charge in [0.25, 0.3) is 5.91 Å². The first kappa shape index (κ1) is 15.5. The molecule has 0 aliphatic carbocycles. The van der Waals surface area contributed by atoms with Crippen LogP contribution in [0.4, 0.5) is 0 Å². The average molecular weight is 265 g/mol. The Hall–Kier alpha value is -1.55. The summed E-state index contributed by atoms with van der Waals surface area (Å²) in [5.41, 5.74) is 2.19. The van der Waals surface area contributed by atoms with Crippen LogP contribution in [-0.2, 0) is 4.79 Å². The molecule has 1 unspecified atom stereocenters. The lowest BCUT2D eigenvalue weighted by molar-refractivity contribution is -0.127. The largest absolute Gasteiger partial charge is 0.481 e. The molecule has 0 fully saturated rings. The number of carbonyl (C=O) groups excluding carboxylic acids is 1. The van der Waals surface area contributed by atoms with Gasteiger partial charge in [-0.3, -0.25) is 4.79 Å². The molecule has 1 rings (SSSR count). The second-order valence-corrected chi connectivity index (χ2v) is 4.95. The zero-order chi connectivity index (χ0) is 14.4. The van der Waals surface area contributed by atoms with E-state index < -0.39 is 6.10 Å². The number of aliphatic hydroxyl groups is 1. The van der Waals surface area contributed by atoms with Gasteiger partial charge < -0.3 is 15.2 Å². The summed E-state index contributed by atoms with van der Waals surface area (Å²) < 4.78 is 5.70. The molecule has 0 saturated carbocycles. The van der Waals surface area contributed by atoms with Crippen LogP contribution in [0.15, 0.2) is 18.2 Å². The molecule has 0 aliphatic heterocycles. The molecule has 19 heavy (non-hydrogen) atoms. The van der Waals surface area contributed by atoms with Crippen LogP contribution in [-0.4, -0.2) is 30.3 Å². The lowest BCUT2D eigenvalue weighted by atomic mass is 10.0. The van der Waals surface area contributed by atoms with Gasteiger partial charge >= 0.3 is 0 Å².